The highest BCUT2D eigenvalue weighted by Crippen LogP contribution is 2.39. The van der Waals surface area contributed by atoms with E-state index in [0.717, 1.165) is 59.8 Å². The summed E-state index contributed by atoms with van der Waals surface area (Å²) >= 11 is 3.60. The molecule has 3 atom stereocenters. The summed E-state index contributed by atoms with van der Waals surface area (Å²) in [6.45, 7) is 8.26. The molecule has 2 saturated heterocycles. The number of fused-ring (bicyclic) bond motifs is 3. The number of piperidine rings is 1. The van der Waals surface area contributed by atoms with E-state index in [1.807, 2.05) is 17.0 Å². The minimum absolute atomic E-state index is 0.0192. The lowest BCUT2D eigenvalue weighted by molar-refractivity contribution is 0.0898. The zero-order chi connectivity index (χ0) is 21.5. The maximum atomic E-state index is 11.0. The van der Waals surface area contributed by atoms with Crippen LogP contribution in [0.5, 0.6) is 0 Å². The van der Waals surface area contributed by atoms with E-state index in [-0.39, 0.29) is 6.04 Å². The number of amides is 1. The van der Waals surface area contributed by atoms with Crippen LogP contribution < -0.4 is 10.2 Å². The Morgan fingerprint density at radius 1 is 1.33 bits per heavy atom. The van der Waals surface area contributed by atoms with Gasteiger partial charge in [0.1, 0.15) is 18.1 Å². The van der Waals surface area contributed by atoms with Crippen molar-refractivity contribution in [1.29, 1.82) is 0 Å². The smallest absolute Gasteiger partial charge is 0.404 e. The topological polar surface area (TPSA) is 92.5 Å². The van der Waals surface area contributed by atoms with E-state index in [0.29, 0.717) is 18.8 Å². The average molecular weight is 496 g/mol. The Morgan fingerprint density at radius 3 is 2.67 bits per heavy atom. The number of ether oxygens (including phenoxy) is 1. The Kier molecular flexibility index (Phi) is 6.09. The molecular formula is C20H30BrN5O3Si. The van der Waals surface area contributed by atoms with Crippen molar-refractivity contribution in [1.82, 2.24) is 19.9 Å². The zero-order valence-corrected chi connectivity index (χ0v) is 20.4. The Balaban J connectivity index is 1.51. The monoisotopic (exact) mass is 495 g/mol. The SMILES string of the molecule is C[Si](C)(C)CCOCn1cc(Br)c2ncc(N3[C@@H]4CC[C@H]3CC(NC(=O)O)C4)nc21. The number of nitrogens with one attached hydrogen (secondary N) is 1. The molecule has 2 fully saturated rings. The fraction of sp³-hybridized carbons (Fsp3) is 0.650. The third-order valence-electron chi connectivity index (χ3n) is 6.06. The van der Waals surface area contributed by atoms with Crippen LogP contribution in [0.25, 0.3) is 11.2 Å². The molecule has 1 unspecified atom stereocenters. The van der Waals surface area contributed by atoms with Gasteiger partial charge >= 0.3 is 6.09 Å². The Hall–Kier alpha value is -1.65. The van der Waals surface area contributed by atoms with E-state index < -0.39 is 14.2 Å². The summed E-state index contributed by atoms with van der Waals surface area (Å²) in [4.78, 5) is 23.0. The number of hydrogen-bond acceptors (Lipinski definition) is 5. The molecule has 10 heteroatoms. The molecule has 0 saturated carbocycles. The minimum Gasteiger partial charge on any atom is -0.465 e. The molecule has 2 aliphatic rings. The van der Waals surface area contributed by atoms with Gasteiger partial charge in [0.25, 0.3) is 0 Å². The Labute approximate surface area is 186 Å². The van der Waals surface area contributed by atoms with Crippen molar-refractivity contribution >= 4 is 47.1 Å². The molecule has 4 heterocycles. The highest BCUT2D eigenvalue weighted by molar-refractivity contribution is 9.10. The van der Waals surface area contributed by atoms with Gasteiger partial charge in [0.05, 0.1) is 10.7 Å². The van der Waals surface area contributed by atoms with Gasteiger partial charge in [0, 0.05) is 39.0 Å². The number of rotatable bonds is 7. The van der Waals surface area contributed by atoms with Crippen LogP contribution in [0, 0.1) is 0 Å². The van der Waals surface area contributed by atoms with E-state index >= 15 is 0 Å². The molecule has 2 aromatic heterocycles. The van der Waals surface area contributed by atoms with Gasteiger partial charge < -0.3 is 24.6 Å². The molecule has 8 nitrogen and oxygen atoms in total. The molecule has 30 heavy (non-hydrogen) atoms. The number of carboxylic acid groups (broad SMARTS) is 1. The normalized spacial score (nSPS) is 23.9. The van der Waals surface area contributed by atoms with Crippen molar-refractivity contribution in [2.24, 2.45) is 0 Å². The van der Waals surface area contributed by atoms with Crippen molar-refractivity contribution in [3.63, 3.8) is 0 Å². The quantitative estimate of drug-likeness (QED) is 0.439. The average Bonchev–Trinajstić information content (AvgIpc) is 3.11. The van der Waals surface area contributed by atoms with Crippen LogP contribution >= 0.6 is 15.9 Å². The molecule has 2 aliphatic heterocycles. The minimum atomic E-state index is -1.12. The van der Waals surface area contributed by atoms with Crippen molar-refractivity contribution in [3.8, 4) is 0 Å². The first-order chi connectivity index (χ1) is 14.2. The summed E-state index contributed by atoms with van der Waals surface area (Å²) in [6.07, 6.45) is 6.64. The summed E-state index contributed by atoms with van der Waals surface area (Å²) in [5.41, 5.74) is 1.65. The van der Waals surface area contributed by atoms with Gasteiger partial charge in [0.15, 0.2) is 5.65 Å². The lowest BCUT2D eigenvalue weighted by Crippen LogP contribution is -2.50. The molecule has 0 radical (unpaired) electrons. The molecule has 2 bridgehead atoms. The van der Waals surface area contributed by atoms with E-state index in [2.05, 4.69) is 50.8 Å². The molecule has 4 rings (SSSR count). The molecular weight excluding hydrogens is 466 g/mol. The molecule has 0 spiro atoms. The standard InChI is InChI=1S/C20H30BrN5O3Si/c1-30(2,3)7-6-29-12-25-11-16(21)18-19(25)24-17(10-22-18)26-14-4-5-15(26)9-13(8-14)23-20(27)28/h10-11,13-15,23H,4-9,12H2,1-3H3,(H,27,28)/t13?,14-,15+. The van der Waals surface area contributed by atoms with E-state index in [9.17, 15) is 4.79 Å². The van der Waals surface area contributed by atoms with Crippen LogP contribution in [-0.2, 0) is 11.5 Å². The predicted octanol–water partition coefficient (Wildman–Crippen LogP) is 4.27. The van der Waals surface area contributed by atoms with Gasteiger partial charge in [0.2, 0.25) is 0 Å². The van der Waals surface area contributed by atoms with Gasteiger partial charge in [-0.2, -0.15) is 0 Å². The molecule has 1 amide bonds. The Morgan fingerprint density at radius 2 is 2.03 bits per heavy atom. The number of aromatic nitrogens is 3. The van der Waals surface area contributed by atoms with Gasteiger partial charge in [-0.3, -0.25) is 0 Å². The maximum absolute atomic E-state index is 11.0. The van der Waals surface area contributed by atoms with Crippen molar-refractivity contribution in [2.45, 2.75) is 76.2 Å². The number of nitrogens with zero attached hydrogens (tertiary/aromatic N) is 4. The second kappa shape index (κ2) is 8.47. The zero-order valence-electron chi connectivity index (χ0n) is 17.8. The van der Waals surface area contributed by atoms with Gasteiger partial charge in [-0.1, -0.05) is 19.6 Å². The number of anilines is 1. The second-order valence-corrected chi connectivity index (χ2v) is 16.1. The molecule has 0 aliphatic carbocycles. The summed E-state index contributed by atoms with van der Waals surface area (Å²) in [5, 5.41) is 11.7. The van der Waals surface area contributed by atoms with Crippen LogP contribution in [-0.4, -0.2) is 58.5 Å². The summed E-state index contributed by atoms with van der Waals surface area (Å²) in [6, 6.07) is 1.75. The molecule has 2 aromatic rings. The van der Waals surface area contributed by atoms with Crippen molar-refractivity contribution in [2.75, 3.05) is 11.5 Å². The highest BCUT2D eigenvalue weighted by atomic mass is 79.9. The van der Waals surface area contributed by atoms with E-state index in [1.54, 1.807) is 0 Å². The number of carbonyl (C=O) groups is 1. The van der Waals surface area contributed by atoms with Crippen LogP contribution in [0.1, 0.15) is 25.7 Å². The summed E-state index contributed by atoms with van der Waals surface area (Å²) in [5.74, 6) is 0.873. The highest BCUT2D eigenvalue weighted by Gasteiger charge is 2.42. The molecule has 2 N–H and O–H groups in total. The number of hydrogen-bond donors (Lipinski definition) is 2. The van der Waals surface area contributed by atoms with Gasteiger partial charge in [-0.15, -0.1) is 0 Å². The first kappa shape index (κ1) is 21.6. The molecule has 164 valence electrons. The lowest BCUT2D eigenvalue weighted by Gasteiger charge is -2.39. The van der Waals surface area contributed by atoms with Crippen LogP contribution in [0.4, 0.5) is 10.6 Å². The fourth-order valence-electron chi connectivity index (χ4n) is 4.61. The number of halogens is 1. The van der Waals surface area contributed by atoms with Gasteiger partial charge in [-0.25, -0.2) is 14.8 Å². The summed E-state index contributed by atoms with van der Waals surface area (Å²) in [7, 11) is -1.12. The second-order valence-electron chi connectivity index (χ2n) is 9.61. The molecule has 0 aromatic carbocycles. The first-order valence-electron chi connectivity index (χ1n) is 10.6. The van der Waals surface area contributed by atoms with Crippen LogP contribution in [0.3, 0.4) is 0 Å². The van der Waals surface area contributed by atoms with E-state index in [4.69, 9.17) is 14.8 Å². The third-order valence-corrected chi connectivity index (χ3v) is 8.35. The fourth-order valence-corrected chi connectivity index (χ4v) is 5.89. The van der Waals surface area contributed by atoms with Crippen LogP contribution in [0.15, 0.2) is 16.9 Å². The van der Waals surface area contributed by atoms with E-state index in [1.165, 1.54) is 0 Å². The Bertz CT molecular complexity index is 917. The van der Waals surface area contributed by atoms with Gasteiger partial charge in [-0.05, 0) is 47.7 Å². The summed E-state index contributed by atoms with van der Waals surface area (Å²) < 4.78 is 8.87. The van der Waals surface area contributed by atoms with Crippen LogP contribution in [0.2, 0.25) is 25.7 Å². The lowest BCUT2D eigenvalue weighted by atomic mass is 9.97. The largest absolute Gasteiger partial charge is 0.465 e. The van der Waals surface area contributed by atoms with Crippen molar-refractivity contribution in [3.05, 3.63) is 16.9 Å². The van der Waals surface area contributed by atoms with Crippen molar-refractivity contribution < 1.29 is 14.6 Å². The third kappa shape index (κ3) is 4.65. The predicted molar refractivity (Wildman–Crippen MR) is 123 cm³/mol. The first-order valence-corrected chi connectivity index (χ1v) is 15.1. The maximum Gasteiger partial charge on any atom is 0.404 e.